The molecule has 14 nitrogen and oxygen atoms in total. The minimum Gasteiger partial charge on any atom is -0.550 e. The standard InChI is InChI=1S/2C6H8O7.U/c2*7-3(8)1-6(13,5(11)12)2-4(9)10;/h2*13H,1-2H2,(H,7,8)(H,9,10)(H,11,12);/q;;+6/p-6. The van der Waals surface area contributed by atoms with Crippen molar-refractivity contribution in [2.75, 3.05) is 0 Å². The first-order valence-electron chi connectivity index (χ1n) is 6.23. The normalized spacial score (nSPS) is 10.4. The molecule has 0 atom stereocenters. The van der Waals surface area contributed by atoms with Crippen LogP contribution in [0, 0.1) is 31.1 Å². The second kappa shape index (κ2) is 12.2. The van der Waals surface area contributed by atoms with Crippen LogP contribution in [-0.2, 0) is 28.8 Å². The van der Waals surface area contributed by atoms with Crippen molar-refractivity contribution in [3.63, 3.8) is 0 Å². The van der Waals surface area contributed by atoms with Gasteiger partial charge in [-0.25, -0.2) is 0 Å². The molecular weight excluding hydrogens is 606 g/mol. The fraction of sp³-hybridized carbons (Fsp3) is 0.500. The third-order valence-corrected chi connectivity index (χ3v) is 2.51. The van der Waals surface area contributed by atoms with E-state index in [2.05, 4.69) is 0 Å². The van der Waals surface area contributed by atoms with Crippen LogP contribution in [0.3, 0.4) is 0 Å². The van der Waals surface area contributed by atoms with E-state index in [4.69, 9.17) is 10.2 Å². The average Bonchev–Trinajstić information content (AvgIpc) is 2.34. The van der Waals surface area contributed by atoms with E-state index in [0.29, 0.717) is 0 Å². The van der Waals surface area contributed by atoms with Gasteiger partial charge in [0, 0.05) is 49.6 Å². The molecule has 27 heavy (non-hydrogen) atoms. The number of aliphatic carboxylic acids is 6. The molecule has 0 bridgehead atoms. The number of carboxylic acid groups (broad SMARTS) is 6. The van der Waals surface area contributed by atoms with Crippen LogP contribution in [-0.4, -0.2) is 57.2 Å². The first-order chi connectivity index (χ1) is 11.6. The minimum atomic E-state index is -2.97. The molecule has 0 saturated carbocycles. The Hall–Kier alpha value is -2.21. The van der Waals surface area contributed by atoms with E-state index < -0.39 is 72.7 Å². The molecule has 2 N–H and O–H groups in total. The smallest absolute Gasteiger partial charge is 0.550 e. The number of carbonyl (C=O) groups excluding carboxylic acids is 6. The molecule has 0 amide bonds. The Morgan fingerprint density at radius 1 is 0.519 bits per heavy atom. The maximum absolute atomic E-state index is 10.1. The van der Waals surface area contributed by atoms with Crippen molar-refractivity contribution in [1.29, 1.82) is 0 Å². The first-order valence-corrected chi connectivity index (χ1v) is 6.23. The maximum Gasteiger partial charge on any atom is 6.00 e. The van der Waals surface area contributed by atoms with Crippen molar-refractivity contribution in [3.8, 4) is 0 Å². The van der Waals surface area contributed by atoms with Gasteiger partial charge < -0.3 is 69.6 Å². The van der Waals surface area contributed by atoms with Gasteiger partial charge in [-0.2, -0.15) is 0 Å². The Labute approximate surface area is 173 Å². The van der Waals surface area contributed by atoms with Gasteiger partial charge in [-0.1, -0.05) is 0 Å². The van der Waals surface area contributed by atoms with E-state index in [0.717, 1.165) is 0 Å². The summed E-state index contributed by atoms with van der Waals surface area (Å²) in [6.45, 7) is 0. The first kappa shape index (κ1) is 29.6. The molecule has 0 radical (unpaired) electrons. The van der Waals surface area contributed by atoms with Crippen LogP contribution in [0.1, 0.15) is 25.7 Å². The van der Waals surface area contributed by atoms with E-state index in [1.807, 2.05) is 0 Å². The van der Waals surface area contributed by atoms with Gasteiger partial charge in [-0.15, -0.1) is 0 Å². The molecule has 0 unspecified atom stereocenters. The van der Waals surface area contributed by atoms with Crippen LogP contribution in [0.25, 0.3) is 0 Å². The summed E-state index contributed by atoms with van der Waals surface area (Å²) in [4.78, 5) is 60.0. The van der Waals surface area contributed by atoms with Crippen molar-refractivity contribution in [2.45, 2.75) is 36.9 Å². The van der Waals surface area contributed by atoms with Gasteiger partial charge in [0.15, 0.2) is 0 Å². The summed E-state index contributed by atoms with van der Waals surface area (Å²) >= 11 is 0. The molecule has 15 heteroatoms. The van der Waals surface area contributed by atoms with Crippen LogP contribution in [0.15, 0.2) is 0 Å². The van der Waals surface area contributed by atoms with Gasteiger partial charge in [-0.05, 0) is 0 Å². The van der Waals surface area contributed by atoms with Crippen LogP contribution >= 0.6 is 0 Å². The number of aliphatic hydroxyl groups is 2. The van der Waals surface area contributed by atoms with Crippen LogP contribution in [0.4, 0.5) is 0 Å². The second-order valence-electron chi connectivity index (χ2n) is 4.83. The zero-order chi connectivity index (χ0) is 21.3. The van der Waals surface area contributed by atoms with E-state index in [1.165, 1.54) is 0 Å². The Morgan fingerprint density at radius 3 is 0.741 bits per heavy atom. The third-order valence-electron chi connectivity index (χ3n) is 2.51. The van der Waals surface area contributed by atoms with E-state index >= 15 is 0 Å². The fourth-order valence-corrected chi connectivity index (χ4v) is 1.37. The van der Waals surface area contributed by atoms with E-state index in [1.54, 1.807) is 0 Å². The number of rotatable bonds is 10. The van der Waals surface area contributed by atoms with Crippen molar-refractivity contribution in [2.24, 2.45) is 0 Å². The zero-order valence-corrected chi connectivity index (χ0v) is 17.3. The average molecular weight is 616 g/mol. The summed E-state index contributed by atoms with van der Waals surface area (Å²) in [5.41, 5.74) is -5.95. The second-order valence-corrected chi connectivity index (χ2v) is 4.83. The minimum absolute atomic E-state index is 0. The quantitative estimate of drug-likeness (QED) is 0.231. The Kier molecular flexibility index (Phi) is 13.4. The largest absolute Gasteiger partial charge is 6.00 e. The predicted octanol–water partition coefficient (Wildman–Crippen LogP) is -10.5. The molecule has 0 heterocycles. The number of hydrogen-bond donors (Lipinski definition) is 2. The fourth-order valence-electron chi connectivity index (χ4n) is 1.37. The van der Waals surface area contributed by atoms with Gasteiger partial charge in [0.05, 0.1) is 11.9 Å². The van der Waals surface area contributed by atoms with Crippen molar-refractivity contribution in [1.82, 2.24) is 0 Å². The monoisotopic (exact) mass is 616 g/mol. The molecule has 0 aliphatic rings. The van der Waals surface area contributed by atoms with Gasteiger partial charge in [0.2, 0.25) is 0 Å². The Balaban J connectivity index is -0.000000411. The molecule has 0 aromatic rings. The van der Waals surface area contributed by atoms with Crippen LogP contribution in [0.2, 0.25) is 0 Å². The molecular formula is C12H10O14U. The van der Waals surface area contributed by atoms with Crippen LogP contribution < -0.4 is 30.6 Å². The molecule has 0 spiro atoms. The Morgan fingerprint density at radius 2 is 0.667 bits per heavy atom. The summed E-state index contributed by atoms with van der Waals surface area (Å²) in [7, 11) is 0. The van der Waals surface area contributed by atoms with Gasteiger partial charge >= 0.3 is 31.1 Å². The van der Waals surface area contributed by atoms with E-state index in [9.17, 15) is 59.4 Å². The van der Waals surface area contributed by atoms with Crippen molar-refractivity contribution >= 4 is 35.8 Å². The van der Waals surface area contributed by atoms with Gasteiger partial charge in [-0.3, -0.25) is 0 Å². The Bertz CT molecular complexity index is 513. The SMILES string of the molecule is O=C([O-])CC(O)(CC(=O)[O-])C(=O)[O-].O=C([O-])CC(O)(CC(=O)[O-])C(=O)[O-].[U+6]. The maximum atomic E-state index is 10.1. The topological polar surface area (TPSA) is 281 Å². The molecule has 0 aromatic heterocycles. The molecule has 146 valence electrons. The molecule has 0 fully saturated rings. The van der Waals surface area contributed by atoms with E-state index in [-0.39, 0.29) is 31.1 Å². The molecule has 0 aliphatic carbocycles. The number of carboxylic acids is 6. The van der Waals surface area contributed by atoms with Crippen LogP contribution in [0.5, 0.6) is 0 Å². The summed E-state index contributed by atoms with van der Waals surface area (Å²) in [5.74, 6) is -12.0. The number of carbonyl (C=O) groups is 6. The number of hydrogen-bond acceptors (Lipinski definition) is 14. The molecule has 0 aromatic carbocycles. The predicted molar refractivity (Wildman–Crippen MR) is 58.4 cm³/mol. The van der Waals surface area contributed by atoms with Crippen molar-refractivity contribution in [3.05, 3.63) is 0 Å². The zero-order valence-electron chi connectivity index (χ0n) is 13.1. The summed E-state index contributed by atoms with van der Waals surface area (Å²) in [6.07, 6.45) is -5.43. The molecule has 0 aliphatic heterocycles. The summed E-state index contributed by atoms with van der Waals surface area (Å²) in [6, 6.07) is 0. The summed E-state index contributed by atoms with van der Waals surface area (Å²) in [5, 5.41) is 77.9. The molecule has 0 saturated heterocycles. The summed E-state index contributed by atoms with van der Waals surface area (Å²) < 4.78 is 0. The molecule has 0 rings (SSSR count). The third kappa shape index (κ3) is 12.7. The van der Waals surface area contributed by atoms with Gasteiger partial charge in [0.25, 0.3) is 0 Å². The van der Waals surface area contributed by atoms with Gasteiger partial charge in [0.1, 0.15) is 11.2 Å². The van der Waals surface area contributed by atoms with Crippen molar-refractivity contribution < 1.29 is 101 Å².